The van der Waals surface area contributed by atoms with Crippen LogP contribution in [0.3, 0.4) is 0 Å². The number of hydrogen-bond donors (Lipinski definition) is 3. The highest BCUT2D eigenvalue weighted by molar-refractivity contribution is 7.89. The van der Waals surface area contributed by atoms with Crippen LogP contribution in [0.2, 0.25) is 0 Å². The summed E-state index contributed by atoms with van der Waals surface area (Å²) in [4.78, 5) is 13.7. The number of carboxylic acids is 1. The van der Waals surface area contributed by atoms with Crippen LogP contribution in [0.4, 0.5) is 0 Å². The molecule has 2 rings (SSSR count). The second-order valence-electron chi connectivity index (χ2n) is 5.02. The molecule has 0 amide bonds. The van der Waals surface area contributed by atoms with Crippen molar-refractivity contribution in [3.8, 4) is 0 Å². The summed E-state index contributed by atoms with van der Waals surface area (Å²) in [5.74, 6) is -0.756. The van der Waals surface area contributed by atoms with Gasteiger partial charge in [-0.2, -0.15) is 0 Å². The Balaban J connectivity index is 2.33. The Morgan fingerprint density at radius 1 is 1.47 bits per heavy atom. The minimum atomic E-state index is -3.66. The van der Waals surface area contributed by atoms with E-state index in [0.717, 1.165) is 12.8 Å². The number of rotatable bonds is 5. The Hall–Kier alpha value is -1.34. The van der Waals surface area contributed by atoms with Crippen LogP contribution in [0.1, 0.15) is 41.5 Å². The molecule has 0 saturated heterocycles. The third-order valence-corrected chi connectivity index (χ3v) is 5.37. The number of aromatic amines is 1. The first-order valence-electron chi connectivity index (χ1n) is 6.22. The minimum absolute atomic E-state index is 0.0167. The second-order valence-corrected chi connectivity index (χ2v) is 6.67. The van der Waals surface area contributed by atoms with E-state index in [1.54, 1.807) is 6.92 Å². The van der Waals surface area contributed by atoms with Crippen LogP contribution >= 0.6 is 0 Å². The summed E-state index contributed by atoms with van der Waals surface area (Å²) in [6.07, 6.45) is 1.79. The summed E-state index contributed by atoms with van der Waals surface area (Å²) in [5.41, 5.74) is 0.544. The largest absolute Gasteiger partial charge is 0.477 e. The lowest BCUT2D eigenvalue weighted by Gasteiger charge is -2.07. The molecule has 0 aromatic carbocycles. The van der Waals surface area contributed by atoms with Crippen molar-refractivity contribution < 1.29 is 18.3 Å². The smallest absolute Gasteiger partial charge is 0.352 e. The molecular weight excluding hydrogens is 268 g/mol. The third kappa shape index (κ3) is 2.52. The van der Waals surface area contributed by atoms with Crippen molar-refractivity contribution in [1.82, 2.24) is 9.71 Å². The molecule has 6 nitrogen and oxygen atoms in total. The lowest BCUT2D eigenvalue weighted by atomic mass is 10.2. The van der Waals surface area contributed by atoms with Gasteiger partial charge in [0.05, 0.1) is 0 Å². The van der Waals surface area contributed by atoms with E-state index < -0.39 is 16.0 Å². The summed E-state index contributed by atoms with van der Waals surface area (Å²) in [5, 5.41) is 9.00. The highest BCUT2D eigenvalue weighted by Crippen LogP contribution is 2.35. The van der Waals surface area contributed by atoms with E-state index in [4.69, 9.17) is 5.11 Å². The highest BCUT2D eigenvalue weighted by Gasteiger charge is 2.40. The standard InChI is InChI=1S/C12H18N2O4S/c1-4-8-5-9(8)14-19(17,18)11-6(2)10(12(15)16)13-7(11)3/h8-9,13-14H,4-5H2,1-3H3,(H,15,16). The highest BCUT2D eigenvalue weighted by atomic mass is 32.2. The first-order valence-corrected chi connectivity index (χ1v) is 7.71. The molecule has 1 saturated carbocycles. The fourth-order valence-corrected chi connectivity index (χ4v) is 4.22. The second kappa shape index (κ2) is 4.64. The van der Waals surface area contributed by atoms with E-state index in [1.165, 1.54) is 6.92 Å². The maximum absolute atomic E-state index is 12.3. The van der Waals surface area contributed by atoms with E-state index in [-0.39, 0.29) is 22.2 Å². The lowest BCUT2D eigenvalue weighted by molar-refractivity contribution is 0.0690. The monoisotopic (exact) mass is 286 g/mol. The Morgan fingerprint density at radius 3 is 2.53 bits per heavy atom. The number of aromatic nitrogens is 1. The fraction of sp³-hybridized carbons (Fsp3) is 0.583. The lowest BCUT2D eigenvalue weighted by Crippen LogP contribution is -2.27. The maximum Gasteiger partial charge on any atom is 0.352 e. The van der Waals surface area contributed by atoms with Crippen LogP contribution < -0.4 is 4.72 Å². The molecule has 7 heteroatoms. The zero-order valence-corrected chi connectivity index (χ0v) is 12.0. The molecule has 2 atom stereocenters. The molecule has 0 bridgehead atoms. The molecule has 0 spiro atoms. The molecule has 0 aliphatic heterocycles. The predicted octanol–water partition coefficient (Wildman–Crippen LogP) is 1.41. The summed E-state index contributed by atoms with van der Waals surface area (Å²) >= 11 is 0. The van der Waals surface area contributed by atoms with Gasteiger partial charge in [-0.3, -0.25) is 0 Å². The summed E-state index contributed by atoms with van der Waals surface area (Å²) < 4.78 is 27.2. The van der Waals surface area contributed by atoms with Crippen LogP contribution in [0.15, 0.2) is 4.90 Å². The van der Waals surface area contributed by atoms with Gasteiger partial charge < -0.3 is 10.1 Å². The van der Waals surface area contributed by atoms with Gasteiger partial charge in [-0.15, -0.1) is 0 Å². The van der Waals surface area contributed by atoms with Crippen molar-refractivity contribution >= 4 is 16.0 Å². The van der Waals surface area contributed by atoms with E-state index >= 15 is 0 Å². The van der Waals surface area contributed by atoms with Crippen LogP contribution in [0, 0.1) is 19.8 Å². The van der Waals surface area contributed by atoms with Crippen LogP contribution in [-0.2, 0) is 10.0 Å². The van der Waals surface area contributed by atoms with E-state index in [2.05, 4.69) is 9.71 Å². The molecule has 1 aliphatic carbocycles. The number of aryl methyl sites for hydroxylation is 1. The van der Waals surface area contributed by atoms with Gasteiger partial charge in [0.1, 0.15) is 10.6 Å². The average Bonchev–Trinajstić information content (AvgIpc) is 2.94. The van der Waals surface area contributed by atoms with Crippen molar-refractivity contribution in [3.05, 3.63) is 17.0 Å². The Labute approximate surface area is 112 Å². The predicted molar refractivity (Wildman–Crippen MR) is 69.7 cm³/mol. The molecule has 19 heavy (non-hydrogen) atoms. The van der Waals surface area contributed by atoms with Crippen LogP contribution in [-0.4, -0.2) is 30.5 Å². The number of sulfonamides is 1. The molecule has 3 N–H and O–H groups in total. The quantitative estimate of drug-likeness (QED) is 0.762. The zero-order chi connectivity index (χ0) is 14.4. The van der Waals surface area contributed by atoms with E-state index in [9.17, 15) is 13.2 Å². The number of hydrogen-bond acceptors (Lipinski definition) is 3. The fourth-order valence-electron chi connectivity index (χ4n) is 2.45. The van der Waals surface area contributed by atoms with E-state index in [0.29, 0.717) is 11.6 Å². The van der Waals surface area contributed by atoms with Crippen LogP contribution in [0.5, 0.6) is 0 Å². The van der Waals surface area contributed by atoms with Crippen molar-refractivity contribution in [3.63, 3.8) is 0 Å². The zero-order valence-electron chi connectivity index (χ0n) is 11.1. The van der Waals surface area contributed by atoms with Gasteiger partial charge in [0, 0.05) is 17.3 Å². The Kier molecular flexibility index (Phi) is 3.44. The SMILES string of the molecule is CCC1CC1NS(=O)(=O)c1c(C)[nH]c(C(=O)O)c1C. The van der Waals surface area contributed by atoms with Gasteiger partial charge in [0.15, 0.2) is 0 Å². The number of nitrogens with one attached hydrogen (secondary N) is 2. The van der Waals surface area contributed by atoms with Gasteiger partial charge in [-0.05, 0) is 26.2 Å². The first-order chi connectivity index (χ1) is 8.77. The molecule has 1 heterocycles. The molecule has 106 valence electrons. The molecule has 0 radical (unpaired) electrons. The topological polar surface area (TPSA) is 99.3 Å². The summed E-state index contributed by atoms with van der Waals surface area (Å²) in [6, 6.07) is -0.0167. The Morgan fingerprint density at radius 2 is 2.11 bits per heavy atom. The average molecular weight is 286 g/mol. The van der Waals surface area contributed by atoms with Crippen molar-refractivity contribution in [2.75, 3.05) is 0 Å². The number of carboxylic acid groups (broad SMARTS) is 1. The number of H-pyrrole nitrogens is 1. The van der Waals surface area contributed by atoms with E-state index in [1.807, 2.05) is 6.92 Å². The van der Waals surface area contributed by atoms with Gasteiger partial charge in [-0.1, -0.05) is 13.3 Å². The molecule has 1 aromatic heterocycles. The molecular formula is C12H18N2O4S. The number of carbonyl (C=O) groups is 1. The molecule has 2 unspecified atom stereocenters. The third-order valence-electron chi connectivity index (χ3n) is 3.60. The molecule has 1 aromatic rings. The Bertz CT molecular complexity index is 618. The maximum atomic E-state index is 12.3. The van der Waals surface area contributed by atoms with Gasteiger partial charge >= 0.3 is 5.97 Å². The van der Waals surface area contributed by atoms with Crippen molar-refractivity contribution in [2.45, 2.75) is 44.6 Å². The van der Waals surface area contributed by atoms with Crippen molar-refractivity contribution in [2.24, 2.45) is 5.92 Å². The molecule has 1 fully saturated rings. The molecule has 1 aliphatic rings. The van der Waals surface area contributed by atoms with Crippen molar-refractivity contribution in [1.29, 1.82) is 0 Å². The summed E-state index contributed by atoms with van der Waals surface area (Å²) in [6.45, 7) is 5.10. The van der Waals surface area contributed by atoms with Gasteiger partial charge in [0.2, 0.25) is 10.0 Å². The first kappa shape index (κ1) is 14.1. The summed E-state index contributed by atoms with van der Waals surface area (Å²) in [7, 11) is -3.66. The normalized spacial score (nSPS) is 22.5. The van der Waals surface area contributed by atoms with Crippen LogP contribution in [0.25, 0.3) is 0 Å². The van der Waals surface area contributed by atoms with Gasteiger partial charge in [-0.25, -0.2) is 17.9 Å². The van der Waals surface area contributed by atoms with Gasteiger partial charge in [0.25, 0.3) is 0 Å². The number of aromatic carboxylic acids is 1. The minimum Gasteiger partial charge on any atom is -0.477 e.